The van der Waals surface area contributed by atoms with Crippen molar-refractivity contribution in [3.05, 3.63) is 83.0 Å². The normalized spacial score (nSPS) is 11.7. The topological polar surface area (TPSA) is 48.3 Å². The smallest absolute Gasteiger partial charge is 0.268 e. The van der Waals surface area contributed by atoms with E-state index in [9.17, 15) is 8.42 Å². The van der Waals surface area contributed by atoms with E-state index in [-0.39, 0.29) is 4.90 Å². The van der Waals surface area contributed by atoms with E-state index in [4.69, 9.17) is 27.9 Å². The lowest BCUT2D eigenvalue weighted by molar-refractivity contribution is 0.414. The summed E-state index contributed by atoms with van der Waals surface area (Å²) in [5.74, 6) is 0.580. The van der Waals surface area contributed by atoms with Gasteiger partial charge in [0.15, 0.2) is 0 Å². The predicted octanol–water partition coefficient (Wildman–Crippen LogP) is 5.86. The van der Waals surface area contributed by atoms with Crippen molar-refractivity contribution in [2.75, 3.05) is 7.11 Å². The van der Waals surface area contributed by atoms with Gasteiger partial charge in [-0.05, 0) is 42.0 Å². The van der Waals surface area contributed by atoms with Crippen LogP contribution in [-0.4, -0.2) is 19.5 Å². The van der Waals surface area contributed by atoms with Crippen LogP contribution in [-0.2, 0) is 10.0 Å². The molecule has 0 aliphatic heterocycles. The van der Waals surface area contributed by atoms with Crippen LogP contribution in [0.15, 0.2) is 77.8 Å². The highest BCUT2D eigenvalue weighted by molar-refractivity contribution is 7.90. The number of nitrogens with zero attached hydrogens (tertiary/aromatic N) is 1. The van der Waals surface area contributed by atoms with Crippen molar-refractivity contribution < 1.29 is 13.2 Å². The van der Waals surface area contributed by atoms with Gasteiger partial charge in [0.05, 0.1) is 22.5 Å². The molecule has 0 spiro atoms. The van der Waals surface area contributed by atoms with Gasteiger partial charge in [0.1, 0.15) is 5.75 Å². The number of benzene rings is 3. The molecule has 0 N–H and O–H groups in total. The van der Waals surface area contributed by atoms with Gasteiger partial charge in [0.2, 0.25) is 0 Å². The van der Waals surface area contributed by atoms with Gasteiger partial charge in [0, 0.05) is 22.2 Å². The van der Waals surface area contributed by atoms with Crippen LogP contribution >= 0.6 is 23.2 Å². The molecular weight excluding hydrogens is 417 g/mol. The Morgan fingerprint density at radius 3 is 2.21 bits per heavy atom. The lowest BCUT2D eigenvalue weighted by Crippen LogP contribution is -2.12. The Morgan fingerprint density at radius 2 is 1.57 bits per heavy atom. The Kier molecular flexibility index (Phi) is 4.83. The van der Waals surface area contributed by atoms with Gasteiger partial charge in [-0.2, -0.15) is 0 Å². The van der Waals surface area contributed by atoms with Crippen molar-refractivity contribution in [2.45, 2.75) is 4.90 Å². The molecule has 0 saturated heterocycles. The van der Waals surface area contributed by atoms with E-state index in [0.29, 0.717) is 26.7 Å². The molecule has 1 aromatic heterocycles. The predicted molar refractivity (Wildman–Crippen MR) is 113 cm³/mol. The Labute approximate surface area is 172 Å². The summed E-state index contributed by atoms with van der Waals surface area (Å²) in [5, 5.41) is 1.63. The molecule has 7 heteroatoms. The van der Waals surface area contributed by atoms with Crippen molar-refractivity contribution in [1.82, 2.24) is 3.97 Å². The SMILES string of the molecule is COc1ccc(S(=O)(=O)n2cc(Cl)c3cccc(-c4ccc(Cl)cc4)c32)cc1. The largest absolute Gasteiger partial charge is 0.497 e. The van der Waals surface area contributed by atoms with E-state index in [0.717, 1.165) is 11.1 Å². The van der Waals surface area contributed by atoms with Gasteiger partial charge in [0.25, 0.3) is 10.0 Å². The van der Waals surface area contributed by atoms with E-state index in [2.05, 4.69) is 0 Å². The molecular formula is C21H15Cl2NO3S. The molecule has 0 radical (unpaired) electrons. The molecule has 4 nitrogen and oxygen atoms in total. The Bertz CT molecular complexity index is 1260. The summed E-state index contributed by atoms with van der Waals surface area (Å²) >= 11 is 12.4. The van der Waals surface area contributed by atoms with Crippen LogP contribution in [0.25, 0.3) is 22.0 Å². The molecule has 0 bridgehead atoms. The zero-order chi connectivity index (χ0) is 19.9. The minimum absolute atomic E-state index is 0.146. The molecule has 0 aliphatic carbocycles. The van der Waals surface area contributed by atoms with Crippen molar-refractivity contribution in [3.8, 4) is 16.9 Å². The van der Waals surface area contributed by atoms with Gasteiger partial charge < -0.3 is 4.74 Å². The molecule has 0 unspecified atom stereocenters. The highest BCUT2D eigenvalue weighted by Gasteiger charge is 2.23. The number of para-hydroxylation sites is 1. The van der Waals surface area contributed by atoms with Gasteiger partial charge in [-0.1, -0.05) is 53.5 Å². The third-order valence-corrected chi connectivity index (χ3v) is 6.74. The van der Waals surface area contributed by atoms with E-state index in [1.807, 2.05) is 24.3 Å². The van der Waals surface area contributed by atoms with Crippen LogP contribution in [0.5, 0.6) is 5.75 Å². The Hall–Kier alpha value is -2.47. The molecule has 1 heterocycles. The minimum atomic E-state index is -3.86. The Balaban J connectivity index is 1.98. The number of hydrogen-bond acceptors (Lipinski definition) is 3. The highest BCUT2D eigenvalue weighted by Crippen LogP contribution is 2.36. The van der Waals surface area contributed by atoms with Gasteiger partial charge >= 0.3 is 0 Å². The molecule has 0 saturated carbocycles. The monoisotopic (exact) mass is 431 g/mol. The fourth-order valence-electron chi connectivity index (χ4n) is 3.12. The second-order valence-electron chi connectivity index (χ2n) is 6.16. The standard InChI is InChI=1S/C21H15Cl2NO3S/c1-27-16-9-11-17(12-10-16)28(25,26)24-13-20(23)19-4-2-3-18(21(19)24)14-5-7-15(22)8-6-14/h2-13H,1H3. The number of methoxy groups -OCH3 is 1. The summed E-state index contributed by atoms with van der Waals surface area (Å²) in [4.78, 5) is 0.146. The lowest BCUT2D eigenvalue weighted by Gasteiger charge is -2.12. The molecule has 0 amide bonds. The van der Waals surface area contributed by atoms with Crippen LogP contribution in [0.4, 0.5) is 0 Å². The first-order valence-electron chi connectivity index (χ1n) is 8.37. The van der Waals surface area contributed by atoms with Crippen molar-refractivity contribution in [2.24, 2.45) is 0 Å². The van der Waals surface area contributed by atoms with Crippen LogP contribution in [0, 0.1) is 0 Å². The van der Waals surface area contributed by atoms with Crippen molar-refractivity contribution in [3.63, 3.8) is 0 Å². The zero-order valence-corrected chi connectivity index (χ0v) is 17.1. The molecule has 4 aromatic rings. The summed E-state index contributed by atoms with van der Waals surface area (Å²) in [6, 6.07) is 19.0. The maximum absolute atomic E-state index is 13.3. The molecule has 0 fully saturated rings. The van der Waals surface area contributed by atoms with Crippen molar-refractivity contribution in [1.29, 1.82) is 0 Å². The maximum Gasteiger partial charge on any atom is 0.268 e. The van der Waals surface area contributed by atoms with Gasteiger partial charge in [-0.25, -0.2) is 12.4 Å². The average Bonchev–Trinajstić information content (AvgIpc) is 3.06. The van der Waals surface area contributed by atoms with Gasteiger partial charge in [-0.3, -0.25) is 0 Å². The fraction of sp³-hybridized carbons (Fsp3) is 0.0476. The molecule has 0 aliphatic rings. The van der Waals surface area contributed by atoms with E-state index in [1.165, 1.54) is 29.4 Å². The molecule has 142 valence electrons. The van der Waals surface area contributed by atoms with E-state index in [1.54, 1.807) is 30.3 Å². The molecule has 0 atom stereocenters. The molecule has 4 rings (SSSR count). The van der Waals surface area contributed by atoms with Crippen LogP contribution in [0.2, 0.25) is 10.0 Å². The van der Waals surface area contributed by atoms with Crippen LogP contribution in [0.3, 0.4) is 0 Å². The first-order chi connectivity index (χ1) is 13.4. The van der Waals surface area contributed by atoms with E-state index < -0.39 is 10.0 Å². The summed E-state index contributed by atoms with van der Waals surface area (Å²) in [6.07, 6.45) is 1.44. The summed E-state index contributed by atoms with van der Waals surface area (Å²) in [5.41, 5.74) is 2.11. The third kappa shape index (κ3) is 3.15. The zero-order valence-electron chi connectivity index (χ0n) is 14.8. The average molecular weight is 432 g/mol. The Morgan fingerprint density at radius 1 is 0.893 bits per heavy atom. The second-order valence-corrected chi connectivity index (χ2v) is 8.82. The summed E-state index contributed by atoms with van der Waals surface area (Å²) in [6.45, 7) is 0. The maximum atomic E-state index is 13.3. The van der Waals surface area contributed by atoms with E-state index >= 15 is 0 Å². The lowest BCUT2D eigenvalue weighted by atomic mass is 10.0. The molecule has 28 heavy (non-hydrogen) atoms. The fourth-order valence-corrected chi connectivity index (χ4v) is 4.95. The van der Waals surface area contributed by atoms with Crippen LogP contribution < -0.4 is 4.74 Å². The summed E-state index contributed by atoms with van der Waals surface area (Å²) < 4.78 is 33.0. The first kappa shape index (κ1) is 18.9. The number of fused-ring (bicyclic) bond motifs is 1. The van der Waals surface area contributed by atoms with Crippen LogP contribution in [0.1, 0.15) is 0 Å². The number of rotatable bonds is 4. The van der Waals surface area contributed by atoms with Gasteiger partial charge in [-0.15, -0.1) is 0 Å². The number of hydrogen-bond donors (Lipinski definition) is 0. The minimum Gasteiger partial charge on any atom is -0.497 e. The highest BCUT2D eigenvalue weighted by atomic mass is 35.5. The number of aromatic nitrogens is 1. The second kappa shape index (κ2) is 7.17. The van der Waals surface area contributed by atoms with Crippen molar-refractivity contribution >= 4 is 44.1 Å². The third-order valence-electron chi connectivity index (χ3n) is 4.52. The quantitative estimate of drug-likeness (QED) is 0.406. The summed E-state index contributed by atoms with van der Waals surface area (Å²) in [7, 11) is -2.33. The first-order valence-corrected chi connectivity index (χ1v) is 10.6. The molecule has 3 aromatic carbocycles. The number of halogens is 2. The number of ether oxygens (including phenoxy) is 1.